The third kappa shape index (κ3) is 72.0. The van der Waals surface area contributed by atoms with Crippen LogP contribution in [-0.2, 0) is 9.59 Å². The van der Waals surface area contributed by atoms with Gasteiger partial charge in [0.2, 0.25) is 0 Å². The van der Waals surface area contributed by atoms with E-state index in [4.69, 9.17) is 10.2 Å². The second-order valence-corrected chi connectivity index (χ2v) is 8.53. The standard InChI is InChI=1S/2C10H20O2.2C4H10.Sn/c2*1-2-3-4-5-6-7-8-9-10(11)12;2*1-3-4-2;/h2*2-9H2,1H3,(H,11,12);2*3-4H2,1-2H3;. The van der Waals surface area contributed by atoms with E-state index in [0.29, 0.717) is 12.8 Å². The van der Waals surface area contributed by atoms with Gasteiger partial charge in [-0.25, -0.2) is 0 Å². The van der Waals surface area contributed by atoms with Crippen LogP contribution in [0.5, 0.6) is 0 Å². The smallest absolute Gasteiger partial charge is 0.303 e. The average Bonchev–Trinajstić information content (AvgIpc) is 2.78. The second-order valence-electron chi connectivity index (χ2n) is 8.53. The SMILES string of the molecule is CCCC.CCCC.CCCCCCCCCC(=O)O.CCCCCCCCCC(=O)O.[Sn]. The largest absolute Gasteiger partial charge is 0.481 e. The van der Waals surface area contributed by atoms with Crippen molar-refractivity contribution in [2.45, 2.75) is 170 Å². The zero-order valence-electron chi connectivity index (χ0n) is 23.4. The van der Waals surface area contributed by atoms with Crippen LogP contribution in [0, 0.1) is 0 Å². The molecule has 0 aliphatic heterocycles. The van der Waals surface area contributed by atoms with Crippen molar-refractivity contribution in [1.29, 1.82) is 0 Å². The summed E-state index contributed by atoms with van der Waals surface area (Å²) in [5.74, 6) is -1.33. The van der Waals surface area contributed by atoms with Crippen molar-refractivity contribution in [3.8, 4) is 0 Å². The van der Waals surface area contributed by atoms with E-state index in [-0.39, 0.29) is 23.9 Å². The Kier molecular flexibility index (Phi) is 58.8. The molecule has 0 aliphatic rings. The molecule has 0 atom stereocenters. The van der Waals surface area contributed by atoms with Crippen LogP contribution < -0.4 is 0 Å². The van der Waals surface area contributed by atoms with Gasteiger partial charge in [0.25, 0.3) is 0 Å². The summed E-state index contributed by atoms with van der Waals surface area (Å²) in [7, 11) is 0. The van der Waals surface area contributed by atoms with Gasteiger partial charge in [0.05, 0.1) is 0 Å². The van der Waals surface area contributed by atoms with Crippen LogP contribution in [0.15, 0.2) is 0 Å². The molecule has 2 N–H and O–H groups in total. The molecule has 5 heteroatoms. The van der Waals surface area contributed by atoms with Gasteiger partial charge in [-0.1, -0.05) is 144 Å². The Morgan fingerprint density at radius 1 is 0.394 bits per heavy atom. The average molecular weight is 579 g/mol. The predicted octanol–water partition coefficient (Wildman–Crippen LogP) is 9.66. The van der Waals surface area contributed by atoms with Crippen LogP contribution in [0.1, 0.15) is 170 Å². The molecule has 4 nitrogen and oxygen atoms in total. The fourth-order valence-electron chi connectivity index (χ4n) is 2.47. The molecule has 0 heterocycles. The van der Waals surface area contributed by atoms with Gasteiger partial charge in [0.15, 0.2) is 0 Å². The summed E-state index contributed by atoms with van der Waals surface area (Å²) in [5.41, 5.74) is 0. The van der Waals surface area contributed by atoms with Gasteiger partial charge in [-0.15, -0.1) is 0 Å². The summed E-state index contributed by atoms with van der Waals surface area (Å²) in [6.45, 7) is 13.1. The molecule has 0 aromatic carbocycles. The minimum absolute atomic E-state index is 0. The third-order valence-corrected chi connectivity index (χ3v) is 4.99. The van der Waals surface area contributed by atoms with Crippen molar-refractivity contribution in [1.82, 2.24) is 0 Å². The van der Waals surface area contributed by atoms with Crippen LogP contribution in [0.25, 0.3) is 0 Å². The van der Waals surface area contributed by atoms with Crippen molar-refractivity contribution >= 4 is 35.8 Å². The molecule has 200 valence electrons. The fraction of sp³-hybridized carbons (Fsp3) is 0.929. The Labute approximate surface area is 225 Å². The van der Waals surface area contributed by atoms with Gasteiger partial charge in [0.1, 0.15) is 0 Å². The first-order valence-corrected chi connectivity index (χ1v) is 13.8. The van der Waals surface area contributed by atoms with E-state index in [1.54, 1.807) is 0 Å². The number of carbonyl (C=O) groups is 2. The van der Waals surface area contributed by atoms with E-state index in [0.717, 1.165) is 25.7 Å². The van der Waals surface area contributed by atoms with Crippen molar-refractivity contribution in [3.05, 3.63) is 0 Å². The Morgan fingerprint density at radius 3 is 0.788 bits per heavy atom. The van der Waals surface area contributed by atoms with E-state index in [9.17, 15) is 9.59 Å². The van der Waals surface area contributed by atoms with E-state index in [1.165, 1.54) is 89.9 Å². The van der Waals surface area contributed by atoms with Crippen molar-refractivity contribution in [2.75, 3.05) is 0 Å². The summed E-state index contributed by atoms with van der Waals surface area (Å²) in [4.78, 5) is 20.3. The fourth-order valence-corrected chi connectivity index (χ4v) is 2.47. The summed E-state index contributed by atoms with van der Waals surface area (Å²) in [5, 5.41) is 16.7. The minimum Gasteiger partial charge on any atom is -0.481 e. The van der Waals surface area contributed by atoms with Crippen LogP contribution in [0.2, 0.25) is 0 Å². The van der Waals surface area contributed by atoms with Gasteiger partial charge in [-0.05, 0) is 12.8 Å². The zero-order chi connectivity index (χ0) is 25.3. The molecule has 0 aromatic heterocycles. The van der Waals surface area contributed by atoms with Gasteiger partial charge in [-0.2, -0.15) is 0 Å². The summed E-state index contributed by atoms with van der Waals surface area (Å²) < 4.78 is 0. The maximum atomic E-state index is 10.1. The molecular formula is C28H60O4Sn. The predicted molar refractivity (Wildman–Crippen MR) is 147 cm³/mol. The molecule has 4 radical (unpaired) electrons. The van der Waals surface area contributed by atoms with Gasteiger partial charge in [0, 0.05) is 36.7 Å². The number of aliphatic carboxylic acids is 2. The van der Waals surface area contributed by atoms with Crippen LogP contribution in [0.4, 0.5) is 0 Å². The van der Waals surface area contributed by atoms with E-state index in [2.05, 4.69) is 41.5 Å². The third-order valence-electron chi connectivity index (χ3n) is 4.99. The molecular weight excluding hydrogens is 519 g/mol. The number of hydrogen-bond donors (Lipinski definition) is 2. The van der Waals surface area contributed by atoms with E-state index >= 15 is 0 Å². The quantitative estimate of drug-likeness (QED) is 0.125. The molecule has 0 fully saturated rings. The van der Waals surface area contributed by atoms with E-state index in [1.807, 2.05) is 0 Å². The van der Waals surface area contributed by atoms with Crippen molar-refractivity contribution < 1.29 is 19.8 Å². The number of carboxylic acids is 2. The van der Waals surface area contributed by atoms with Crippen LogP contribution >= 0.6 is 0 Å². The van der Waals surface area contributed by atoms with Gasteiger partial charge in [-0.3, -0.25) is 9.59 Å². The minimum atomic E-state index is -0.663. The summed E-state index contributed by atoms with van der Waals surface area (Å²) >= 11 is 0. The summed E-state index contributed by atoms with van der Waals surface area (Å²) in [6.07, 6.45) is 22.6. The molecule has 33 heavy (non-hydrogen) atoms. The first-order chi connectivity index (χ1) is 15.4. The summed E-state index contributed by atoms with van der Waals surface area (Å²) in [6, 6.07) is 0. The molecule has 0 saturated carbocycles. The Hall–Kier alpha value is -0.261. The maximum Gasteiger partial charge on any atom is 0.303 e. The normalized spacial score (nSPS) is 9.15. The van der Waals surface area contributed by atoms with Gasteiger partial charge >= 0.3 is 11.9 Å². The van der Waals surface area contributed by atoms with Crippen LogP contribution in [-0.4, -0.2) is 46.1 Å². The van der Waals surface area contributed by atoms with Crippen LogP contribution in [0.3, 0.4) is 0 Å². The number of carboxylic acid groups (broad SMARTS) is 2. The zero-order valence-corrected chi connectivity index (χ0v) is 26.2. The van der Waals surface area contributed by atoms with E-state index < -0.39 is 11.9 Å². The molecule has 0 aromatic rings. The Morgan fingerprint density at radius 2 is 0.606 bits per heavy atom. The number of hydrogen-bond acceptors (Lipinski definition) is 2. The monoisotopic (exact) mass is 580 g/mol. The molecule has 0 bridgehead atoms. The van der Waals surface area contributed by atoms with Crippen molar-refractivity contribution in [2.24, 2.45) is 0 Å². The second kappa shape index (κ2) is 45.3. The molecule has 0 aliphatic carbocycles. The first kappa shape index (κ1) is 42.9. The molecule has 0 rings (SSSR count). The number of unbranched alkanes of at least 4 members (excludes halogenated alkanes) is 14. The Bertz CT molecular complexity index is 300. The number of rotatable bonds is 18. The van der Waals surface area contributed by atoms with Gasteiger partial charge < -0.3 is 10.2 Å². The molecule has 0 unspecified atom stereocenters. The molecule has 0 amide bonds. The Balaban J connectivity index is -0.000000117. The maximum absolute atomic E-state index is 10.1. The topological polar surface area (TPSA) is 74.6 Å². The van der Waals surface area contributed by atoms with Crippen molar-refractivity contribution in [3.63, 3.8) is 0 Å². The molecule has 0 saturated heterocycles. The molecule has 0 spiro atoms. The first-order valence-electron chi connectivity index (χ1n) is 13.8.